The highest BCUT2D eigenvalue weighted by Crippen LogP contribution is 2.41. The van der Waals surface area contributed by atoms with E-state index in [-0.39, 0.29) is 11.8 Å². The van der Waals surface area contributed by atoms with Gasteiger partial charge in [0.1, 0.15) is 5.75 Å². The van der Waals surface area contributed by atoms with E-state index >= 15 is 0 Å². The minimum absolute atomic E-state index is 0.0994. The van der Waals surface area contributed by atoms with E-state index in [2.05, 4.69) is 5.32 Å². The highest BCUT2D eigenvalue weighted by molar-refractivity contribution is 7.91. The number of rotatable bonds is 7. The summed E-state index contributed by atoms with van der Waals surface area (Å²) in [7, 11) is -3.50. The van der Waals surface area contributed by atoms with E-state index in [1.165, 1.54) is 0 Å². The Morgan fingerprint density at radius 1 is 1.00 bits per heavy atom. The molecule has 0 aromatic heterocycles. The van der Waals surface area contributed by atoms with Crippen molar-refractivity contribution in [3.8, 4) is 0 Å². The van der Waals surface area contributed by atoms with Crippen LogP contribution in [0.5, 0.6) is 0 Å². The van der Waals surface area contributed by atoms with Gasteiger partial charge in [-0.3, -0.25) is 4.79 Å². The molecule has 2 aromatic carbocycles. The molecule has 1 unspecified atom stereocenters. The van der Waals surface area contributed by atoms with E-state index in [0.29, 0.717) is 11.5 Å². The zero-order chi connectivity index (χ0) is 18.7. The fourth-order valence-electron chi connectivity index (χ4n) is 3.08. The van der Waals surface area contributed by atoms with Crippen LogP contribution >= 0.6 is 0 Å². The van der Waals surface area contributed by atoms with Crippen LogP contribution in [0.25, 0.3) is 0 Å². The van der Waals surface area contributed by atoms with E-state index in [9.17, 15) is 13.2 Å². The summed E-state index contributed by atoms with van der Waals surface area (Å²) in [5.74, 6) is -0.606. The van der Waals surface area contributed by atoms with Gasteiger partial charge in [0, 0.05) is 0 Å². The van der Waals surface area contributed by atoms with Crippen LogP contribution in [0.15, 0.2) is 48.5 Å². The van der Waals surface area contributed by atoms with Crippen molar-refractivity contribution in [3.05, 3.63) is 70.8 Å². The number of hydrogen-bond donors (Lipinski definition) is 1. The van der Waals surface area contributed by atoms with Gasteiger partial charge in [-0.25, -0.2) is 8.42 Å². The predicted octanol–water partition coefficient (Wildman–Crippen LogP) is 3.49. The molecule has 2 aromatic rings. The summed E-state index contributed by atoms with van der Waals surface area (Å²) >= 11 is 0. The van der Waals surface area contributed by atoms with Crippen LogP contribution in [-0.4, -0.2) is 20.1 Å². The largest absolute Gasteiger partial charge is 0.348 e. The summed E-state index contributed by atoms with van der Waals surface area (Å²) in [5, 5.41) is 2.95. The first-order chi connectivity index (χ1) is 12.3. The van der Waals surface area contributed by atoms with Crippen LogP contribution in [0.4, 0.5) is 0 Å². The number of carbonyl (C=O) groups is 1. The Morgan fingerprint density at radius 2 is 1.54 bits per heavy atom. The average Bonchev–Trinajstić information content (AvgIpc) is 3.40. The summed E-state index contributed by atoms with van der Waals surface area (Å²) in [5.41, 5.74) is 3.99. The van der Waals surface area contributed by atoms with Crippen molar-refractivity contribution >= 4 is 15.7 Å². The predicted molar refractivity (Wildman–Crippen MR) is 103 cm³/mol. The lowest BCUT2D eigenvalue weighted by Gasteiger charge is -2.19. The molecule has 4 nitrogen and oxygen atoms in total. The quantitative estimate of drug-likeness (QED) is 0.810. The van der Waals surface area contributed by atoms with Gasteiger partial charge in [0.25, 0.3) is 0 Å². The van der Waals surface area contributed by atoms with E-state index in [4.69, 9.17) is 0 Å². The lowest BCUT2D eigenvalue weighted by atomic mass is 10.0. The Balaban J connectivity index is 1.64. The van der Waals surface area contributed by atoms with Crippen LogP contribution in [0, 0.1) is 19.8 Å². The standard InChI is InChI=1S/C21H25NO3S/c1-15-3-7-17(8-4-15)13-26(24,25)14-20(23)22-21(19-11-12-19)18-9-5-16(2)6-10-18/h3-10,19,21H,11-14H2,1-2H3,(H,22,23). The Bertz CT molecular complexity index is 866. The van der Waals surface area contributed by atoms with Crippen molar-refractivity contribution in [1.29, 1.82) is 0 Å². The summed E-state index contributed by atoms with van der Waals surface area (Å²) in [6.45, 7) is 3.97. The van der Waals surface area contributed by atoms with Crippen LogP contribution in [0.1, 0.15) is 41.1 Å². The van der Waals surface area contributed by atoms with Crippen molar-refractivity contribution in [2.45, 2.75) is 38.5 Å². The van der Waals surface area contributed by atoms with Crippen molar-refractivity contribution in [2.24, 2.45) is 5.92 Å². The molecule has 138 valence electrons. The Kier molecular flexibility index (Phi) is 5.47. The summed E-state index contributed by atoms with van der Waals surface area (Å²) in [6.07, 6.45) is 2.13. The SMILES string of the molecule is Cc1ccc(CS(=O)(=O)CC(=O)NC(c2ccc(C)cc2)C2CC2)cc1. The summed E-state index contributed by atoms with van der Waals surface area (Å²) < 4.78 is 24.8. The molecule has 5 heteroatoms. The maximum atomic E-state index is 12.4. The van der Waals surface area contributed by atoms with Gasteiger partial charge in [-0.15, -0.1) is 0 Å². The third kappa shape index (κ3) is 5.18. The Morgan fingerprint density at radius 3 is 2.08 bits per heavy atom. The van der Waals surface area contributed by atoms with Gasteiger partial charge in [-0.2, -0.15) is 0 Å². The van der Waals surface area contributed by atoms with Crippen LogP contribution in [0.3, 0.4) is 0 Å². The van der Waals surface area contributed by atoms with E-state index in [1.807, 2.05) is 50.2 Å². The Labute approximate surface area is 155 Å². The molecule has 1 atom stereocenters. The molecule has 1 fully saturated rings. The first kappa shape index (κ1) is 18.6. The van der Waals surface area contributed by atoms with Gasteiger partial charge in [-0.1, -0.05) is 59.7 Å². The highest BCUT2D eigenvalue weighted by Gasteiger charge is 2.34. The molecule has 0 saturated heterocycles. The smallest absolute Gasteiger partial charge is 0.235 e. The summed E-state index contributed by atoms with van der Waals surface area (Å²) in [4.78, 5) is 12.4. The molecular formula is C21H25NO3S. The van der Waals surface area contributed by atoms with Gasteiger partial charge in [0.15, 0.2) is 9.84 Å². The van der Waals surface area contributed by atoms with Crippen LogP contribution in [-0.2, 0) is 20.4 Å². The fourth-order valence-corrected chi connectivity index (χ4v) is 4.37. The molecule has 1 N–H and O–H groups in total. The number of benzene rings is 2. The minimum atomic E-state index is -3.50. The monoisotopic (exact) mass is 371 g/mol. The normalized spacial score (nSPS) is 15.5. The molecule has 0 aliphatic heterocycles. The lowest BCUT2D eigenvalue weighted by molar-refractivity contribution is -0.119. The third-order valence-electron chi connectivity index (χ3n) is 4.70. The van der Waals surface area contributed by atoms with Gasteiger partial charge < -0.3 is 5.32 Å². The molecule has 26 heavy (non-hydrogen) atoms. The number of hydrogen-bond acceptors (Lipinski definition) is 3. The van der Waals surface area contributed by atoms with Gasteiger partial charge in [0.2, 0.25) is 5.91 Å². The Hall–Kier alpha value is -2.14. The molecule has 1 aliphatic rings. The minimum Gasteiger partial charge on any atom is -0.348 e. The number of amides is 1. The van der Waals surface area contributed by atoms with E-state index < -0.39 is 21.5 Å². The van der Waals surface area contributed by atoms with Crippen LogP contribution in [0.2, 0.25) is 0 Å². The molecule has 1 aliphatic carbocycles. The second kappa shape index (κ2) is 7.62. The summed E-state index contributed by atoms with van der Waals surface area (Å²) in [6, 6.07) is 15.3. The lowest BCUT2D eigenvalue weighted by Crippen LogP contribution is -2.35. The van der Waals surface area contributed by atoms with E-state index in [0.717, 1.165) is 29.5 Å². The number of sulfone groups is 1. The van der Waals surface area contributed by atoms with Crippen molar-refractivity contribution in [1.82, 2.24) is 5.32 Å². The zero-order valence-corrected chi connectivity index (χ0v) is 16.1. The topological polar surface area (TPSA) is 63.2 Å². The number of nitrogens with one attached hydrogen (secondary N) is 1. The third-order valence-corrected chi connectivity index (χ3v) is 6.18. The van der Waals surface area contributed by atoms with Crippen LogP contribution < -0.4 is 5.32 Å². The number of carbonyl (C=O) groups excluding carboxylic acids is 1. The van der Waals surface area contributed by atoms with Crippen molar-refractivity contribution < 1.29 is 13.2 Å². The van der Waals surface area contributed by atoms with Gasteiger partial charge in [0.05, 0.1) is 11.8 Å². The highest BCUT2D eigenvalue weighted by atomic mass is 32.2. The molecule has 1 amide bonds. The molecule has 0 heterocycles. The fraction of sp³-hybridized carbons (Fsp3) is 0.381. The second-order valence-electron chi connectivity index (χ2n) is 7.31. The first-order valence-electron chi connectivity index (χ1n) is 8.94. The average molecular weight is 372 g/mol. The van der Waals surface area contributed by atoms with Crippen molar-refractivity contribution in [3.63, 3.8) is 0 Å². The molecule has 0 radical (unpaired) electrons. The second-order valence-corrected chi connectivity index (χ2v) is 9.38. The molecule has 3 rings (SSSR count). The molecular weight excluding hydrogens is 346 g/mol. The molecule has 1 saturated carbocycles. The van der Waals surface area contributed by atoms with Gasteiger partial charge >= 0.3 is 0 Å². The maximum Gasteiger partial charge on any atom is 0.235 e. The van der Waals surface area contributed by atoms with Gasteiger partial charge in [-0.05, 0) is 43.7 Å². The molecule has 0 bridgehead atoms. The van der Waals surface area contributed by atoms with Crippen molar-refractivity contribution in [2.75, 3.05) is 5.75 Å². The van der Waals surface area contributed by atoms with E-state index in [1.54, 1.807) is 12.1 Å². The first-order valence-corrected chi connectivity index (χ1v) is 10.8. The maximum absolute atomic E-state index is 12.4. The molecule has 0 spiro atoms. The number of aryl methyl sites for hydroxylation is 2. The zero-order valence-electron chi connectivity index (χ0n) is 15.2.